The van der Waals surface area contributed by atoms with E-state index in [2.05, 4.69) is 10.3 Å². The summed E-state index contributed by atoms with van der Waals surface area (Å²) in [7, 11) is 0. The van der Waals surface area contributed by atoms with Crippen molar-refractivity contribution >= 4 is 34.8 Å². The molecule has 0 atom stereocenters. The van der Waals surface area contributed by atoms with Gasteiger partial charge in [-0.3, -0.25) is 14.9 Å². The summed E-state index contributed by atoms with van der Waals surface area (Å²) in [5.74, 6) is -0.175. The molecule has 0 saturated carbocycles. The van der Waals surface area contributed by atoms with Gasteiger partial charge in [-0.25, -0.2) is 4.98 Å². The van der Waals surface area contributed by atoms with Gasteiger partial charge in [0, 0.05) is 0 Å². The van der Waals surface area contributed by atoms with Gasteiger partial charge in [-0.2, -0.15) is 0 Å². The van der Waals surface area contributed by atoms with E-state index < -0.39 is 0 Å². The monoisotopic (exact) mass is 250 g/mol. The molecule has 0 unspecified atom stereocenters. The lowest BCUT2D eigenvalue weighted by Gasteiger charge is -2.26. The van der Waals surface area contributed by atoms with Crippen molar-refractivity contribution in [1.82, 2.24) is 10.3 Å². The number of nitrogens with one attached hydrogen (secondary N) is 1. The fourth-order valence-electron chi connectivity index (χ4n) is 1.54. The van der Waals surface area contributed by atoms with E-state index in [-0.39, 0.29) is 29.9 Å². The van der Waals surface area contributed by atoms with Gasteiger partial charge in [-0.1, -0.05) is 18.3 Å². The van der Waals surface area contributed by atoms with Crippen molar-refractivity contribution in [2.75, 3.05) is 18.0 Å². The van der Waals surface area contributed by atoms with Crippen LogP contribution in [-0.2, 0) is 9.59 Å². The van der Waals surface area contributed by atoms with Gasteiger partial charge in [0.2, 0.25) is 11.8 Å². The summed E-state index contributed by atoms with van der Waals surface area (Å²) < 4.78 is 0. The molecule has 1 aliphatic rings. The predicted octanol–water partition coefficient (Wildman–Crippen LogP) is -0.821. The smallest absolute Gasteiger partial charge is 0.246 e. The molecule has 1 aromatic rings. The van der Waals surface area contributed by atoms with Crippen LogP contribution in [0.15, 0.2) is 18.2 Å². The number of hydrogen-bond acceptors (Lipinski definition) is 5. The number of carbonyl (C=O) groups is 2. The first-order chi connectivity index (χ1) is 8.06. The Kier molecular flexibility index (Phi) is 3.01. The van der Waals surface area contributed by atoms with Crippen molar-refractivity contribution in [3.8, 4) is 0 Å². The average Bonchev–Trinajstić information content (AvgIpc) is 2.28. The van der Waals surface area contributed by atoms with Crippen LogP contribution in [0.4, 0.5) is 5.82 Å². The second-order valence-electron chi connectivity index (χ2n) is 3.57. The maximum Gasteiger partial charge on any atom is 0.246 e. The molecule has 17 heavy (non-hydrogen) atoms. The van der Waals surface area contributed by atoms with Gasteiger partial charge in [0.15, 0.2) is 0 Å². The Bertz CT molecular complexity index is 487. The minimum absolute atomic E-state index is 0.0968. The van der Waals surface area contributed by atoms with E-state index in [1.165, 1.54) is 0 Å². The third-order valence-electron chi connectivity index (χ3n) is 2.26. The number of imide groups is 1. The Morgan fingerprint density at radius 1 is 1.35 bits per heavy atom. The van der Waals surface area contributed by atoms with E-state index in [4.69, 9.17) is 18.0 Å². The summed E-state index contributed by atoms with van der Waals surface area (Å²) >= 11 is 4.82. The highest BCUT2D eigenvalue weighted by Gasteiger charge is 2.23. The van der Waals surface area contributed by atoms with Crippen molar-refractivity contribution in [1.29, 1.82) is 0 Å². The topological polar surface area (TPSA) is 88.3 Å². The molecule has 0 radical (unpaired) electrons. The summed E-state index contributed by atoms with van der Waals surface area (Å²) in [5, 5.41) is 2.22. The van der Waals surface area contributed by atoms with E-state index in [1.54, 1.807) is 23.1 Å². The standard InChI is InChI=1S/C10H10N4O2S/c11-10(17)6-2-1-3-7(12-6)14-4-8(15)13-9(16)5-14/h1-3H,4-5H2,(H2,11,17)(H,13,15,16). The highest BCUT2D eigenvalue weighted by Crippen LogP contribution is 2.12. The first-order valence-electron chi connectivity index (χ1n) is 4.91. The average molecular weight is 250 g/mol. The Balaban J connectivity index is 2.27. The third kappa shape index (κ3) is 2.56. The van der Waals surface area contributed by atoms with Crippen LogP contribution in [0.2, 0.25) is 0 Å². The van der Waals surface area contributed by atoms with Crippen molar-refractivity contribution in [3.05, 3.63) is 23.9 Å². The lowest BCUT2D eigenvalue weighted by Crippen LogP contribution is -2.51. The van der Waals surface area contributed by atoms with Crippen molar-refractivity contribution in [2.24, 2.45) is 5.73 Å². The Morgan fingerprint density at radius 3 is 2.59 bits per heavy atom. The van der Waals surface area contributed by atoms with Gasteiger partial charge >= 0.3 is 0 Å². The number of nitrogens with zero attached hydrogens (tertiary/aromatic N) is 2. The molecular weight excluding hydrogens is 240 g/mol. The molecule has 0 aromatic carbocycles. The van der Waals surface area contributed by atoms with E-state index in [9.17, 15) is 9.59 Å². The number of anilines is 1. The molecule has 6 nitrogen and oxygen atoms in total. The summed E-state index contributed by atoms with van der Waals surface area (Å²) in [6.45, 7) is 0.194. The molecule has 0 spiro atoms. The highest BCUT2D eigenvalue weighted by molar-refractivity contribution is 7.80. The number of rotatable bonds is 2. The molecule has 7 heteroatoms. The van der Waals surface area contributed by atoms with Crippen LogP contribution in [0.1, 0.15) is 5.69 Å². The van der Waals surface area contributed by atoms with Crippen LogP contribution in [-0.4, -0.2) is 34.9 Å². The Morgan fingerprint density at radius 2 is 2.00 bits per heavy atom. The van der Waals surface area contributed by atoms with Gasteiger partial charge < -0.3 is 10.6 Å². The summed E-state index contributed by atoms with van der Waals surface area (Å²) in [5.41, 5.74) is 5.94. The zero-order valence-corrected chi connectivity index (χ0v) is 9.66. The molecule has 1 aromatic heterocycles. The lowest BCUT2D eigenvalue weighted by molar-refractivity contribution is -0.130. The minimum Gasteiger partial charge on any atom is -0.388 e. The fourth-order valence-corrected chi connectivity index (χ4v) is 1.65. The largest absolute Gasteiger partial charge is 0.388 e. The second-order valence-corrected chi connectivity index (χ2v) is 4.01. The third-order valence-corrected chi connectivity index (χ3v) is 2.47. The minimum atomic E-state index is -0.344. The van der Waals surface area contributed by atoms with Crippen LogP contribution < -0.4 is 16.0 Å². The molecule has 3 N–H and O–H groups in total. The van der Waals surface area contributed by atoms with Gasteiger partial charge in [0.1, 0.15) is 10.8 Å². The number of aromatic nitrogens is 1. The van der Waals surface area contributed by atoms with Crippen LogP contribution in [0, 0.1) is 0 Å². The van der Waals surface area contributed by atoms with Crippen molar-refractivity contribution in [3.63, 3.8) is 0 Å². The second kappa shape index (κ2) is 4.46. The van der Waals surface area contributed by atoms with Crippen molar-refractivity contribution < 1.29 is 9.59 Å². The van der Waals surface area contributed by atoms with Crippen LogP contribution in [0.25, 0.3) is 0 Å². The van der Waals surface area contributed by atoms with E-state index in [0.29, 0.717) is 11.5 Å². The van der Waals surface area contributed by atoms with E-state index in [0.717, 1.165) is 0 Å². The molecule has 2 heterocycles. The maximum absolute atomic E-state index is 11.2. The zero-order chi connectivity index (χ0) is 12.4. The number of carbonyl (C=O) groups excluding carboxylic acids is 2. The SMILES string of the molecule is NC(=S)c1cccc(N2CC(=O)NC(=O)C2)n1. The summed E-state index contributed by atoms with van der Waals surface area (Å²) in [6, 6.07) is 5.11. The van der Waals surface area contributed by atoms with Crippen LogP contribution >= 0.6 is 12.2 Å². The molecule has 2 rings (SSSR count). The van der Waals surface area contributed by atoms with Crippen LogP contribution in [0.3, 0.4) is 0 Å². The molecule has 0 bridgehead atoms. The predicted molar refractivity (Wildman–Crippen MR) is 65.5 cm³/mol. The molecule has 0 aliphatic carbocycles. The zero-order valence-electron chi connectivity index (χ0n) is 8.84. The molecule has 88 valence electrons. The van der Waals surface area contributed by atoms with Crippen molar-refractivity contribution in [2.45, 2.75) is 0 Å². The summed E-state index contributed by atoms with van der Waals surface area (Å²) in [6.07, 6.45) is 0. The normalized spacial score (nSPS) is 15.6. The lowest BCUT2D eigenvalue weighted by atomic mass is 10.3. The number of piperazine rings is 1. The molecule has 1 saturated heterocycles. The molecule has 1 fully saturated rings. The number of nitrogens with two attached hydrogens (primary N) is 1. The van der Waals surface area contributed by atoms with Gasteiger partial charge in [-0.05, 0) is 12.1 Å². The van der Waals surface area contributed by atoms with Crippen LogP contribution in [0.5, 0.6) is 0 Å². The number of hydrogen-bond donors (Lipinski definition) is 2. The highest BCUT2D eigenvalue weighted by atomic mass is 32.1. The van der Waals surface area contributed by atoms with Gasteiger partial charge in [-0.15, -0.1) is 0 Å². The molecule has 1 aliphatic heterocycles. The van der Waals surface area contributed by atoms with Gasteiger partial charge in [0.25, 0.3) is 0 Å². The number of pyridine rings is 1. The quantitative estimate of drug-likeness (QED) is 0.526. The fraction of sp³-hybridized carbons (Fsp3) is 0.200. The Hall–Kier alpha value is -2.02. The van der Waals surface area contributed by atoms with E-state index in [1.807, 2.05) is 0 Å². The first-order valence-corrected chi connectivity index (χ1v) is 5.31. The first kappa shape index (κ1) is 11.5. The van der Waals surface area contributed by atoms with E-state index >= 15 is 0 Å². The molecular formula is C10H10N4O2S. The molecule has 2 amide bonds. The maximum atomic E-state index is 11.2. The number of thiocarbonyl (C=S) groups is 1. The number of amides is 2. The Labute approximate surface area is 103 Å². The van der Waals surface area contributed by atoms with Gasteiger partial charge in [0.05, 0.1) is 18.8 Å². The summed E-state index contributed by atoms with van der Waals surface area (Å²) in [4.78, 5) is 28.4.